The first-order valence-electron chi connectivity index (χ1n) is 16.1. The van der Waals surface area contributed by atoms with Crippen molar-refractivity contribution in [1.82, 2.24) is 0 Å². The highest BCUT2D eigenvalue weighted by molar-refractivity contribution is 8.05. The Balaban J connectivity index is 2.35. The molecular weight excluding hydrogens is 553 g/mol. The lowest BCUT2D eigenvalue weighted by Gasteiger charge is -2.61. The van der Waals surface area contributed by atoms with Crippen molar-refractivity contribution < 1.29 is 25.2 Å². The van der Waals surface area contributed by atoms with Gasteiger partial charge in [0.25, 0.3) is 0 Å². The fourth-order valence-electron chi connectivity index (χ4n) is 9.32. The Kier molecular flexibility index (Phi) is 11.5. The van der Waals surface area contributed by atoms with Crippen molar-refractivity contribution in [1.29, 1.82) is 0 Å². The molecule has 0 bridgehead atoms. The second-order valence-electron chi connectivity index (χ2n) is 15.2. The van der Waals surface area contributed by atoms with Gasteiger partial charge in [0.15, 0.2) is 0 Å². The van der Waals surface area contributed by atoms with Crippen LogP contribution in [0.5, 0.6) is 0 Å². The average Bonchev–Trinajstić information content (AvgIpc) is 2.83. The van der Waals surface area contributed by atoms with E-state index in [-0.39, 0.29) is 17.8 Å². The molecule has 9 atom stereocenters. The van der Waals surface area contributed by atoms with Gasteiger partial charge in [0.2, 0.25) is 0 Å². The van der Waals surface area contributed by atoms with Crippen LogP contribution in [0.1, 0.15) is 120 Å². The van der Waals surface area contributed by atoms with E-state index in [1.165, 1.54) is 0 Å². The van der Waals surface area contributed by atoms with Gasteiger partial charge >= 0.3 is 15.6 Å². The van der Waals surface area contributed by atoms with E-state index in [2.05, 4.69) is 62.3 Å². The van der Waals surface area contributed by atoms with Crippen molar-refractivity contribution in [2.75, 3.05) is 0 Å². The monoisotopic (exact) mass is 610 g/mol. The first kappa shape index (κ1) is 34.5. The maximum Gasteiger partial charge on any atom is 0.524 e. The molecule has 0 aromatic heterocycles. The quantitative estimate of drug-likeness (QED) is 0.192. The standard InChI is InChI=1S/C32H57F3O3S2/c1-19(2)25-13-10-22(7)16-28(25)31(39-38-40(36,37)32(33,34)35,29-17-23(8)11-14-26(29)20(3)4)30-18-24(9)12-15-27(30)21(5)6/h19-30H,10-18H2,1-9H3. The van der Waals surface area contributed by atoms with Gasteiger partial charge in [-0.1, -0.05) is 81.6 Å². The normalized spacial score (nSPS) is 38.1. The molecule has 40 heavy (non-hydrogen) atoms. The first-order chi connectivity index (χ1) is 18.4. The van der Waals surface area contributed by atoms with E-state index in [0.29, 0.717) is 53.3 Å². The van der Waals surface area contributed by atoms with E-state index in [1.54, 1.807) is 0 Å². The van der Waals surface area contributed by atoms with Gasteiger partial charge in [-0.05, 0) is 110 Å². The molecule has 3 fully saturated rings. The predicted octanol–water partition coefficient (Wildman–Crippen LogP) is 10.4. The minimum atomic E-state index is -5.74. The van der Waals surface area contributed by atoms with Gasteiger partial charge in [-0.15, -0.1) is 0 Å². The SMILES string of the molecule is CC1CCC(C(C)C)C(C(SOS(=O)(=O)C(F)(F)F)(C2CC(C)CCC2C(C)C)C2CC(C)CCC2C(C)C)C1. The number of hydrogen-bond donors (Lipinski definition) is 0. The molecule has 3 rings (SSSR count). The second-order valence-corrected chi connectivity index (χ2v) is 18.0. The molecule has 0 aromatic rings. The molecule has 0 saturated heterocycles. The van der Waals surface area contributed by atoms with Gasteiger partial charge in [-0.3, -0.25) is 0 Å². The molecule has 3 aliphatic rings. The smallest absolute Gasteiger partial charge is 0.190 e. The summed E-state index contributed by atoms with van der Waals surface area (Å²) in [6.45, 7) is 20.4. The van der Waals surface area contributed by atoms with E-state index in [4.69, 9.17) is 3.63 Å². The van der Waals surface area contributed by atoms with Gasteiger partial charge in [-0.2, -0.15) is 25.2 Å². The third-order valence-electron chi connectivity index (χ3n) is 11.4. The van der Waals surface area contributed by atoms with Crippen LogP contribution in [0.4, 0.5) is 13.2 Å². The predicted molar refractivity (Wildman–Crippen MR) is 161 cm³/mol. The Morgan fingerprint density at radius 2 is 0.925 bits per heavy atom. The van der Waals surface area contributed by atoms with E-state index in [1.807, 2.05) is 0 Å². The van der Waals surface area contributed by atoms with Crippen LogP contribution in [-0.2, 0) is 13.7 Å². The summed E-state index contributed by atoms with van der Waals surface area (Å²) in [7, 11) is -5.74. The molecule has 3 nitrogen and oxygen atoms in total. The van der Waals surface area contributed by atoms with Crippen LogP contribution in [0.3, 0.4) is 0 Å². The summed E-state index contributed by atoms with van der Waals surface area (Å²) < 4.78 is 71.2. The Bertz CT molecular complexity index is 838. The zero-order valence-corrected chi connectivity index (χ0v) is 28.1. The summed E-state index contributed by atoms with van der Waals surface area (Å²) >= 11 is 0.784. The summed E-state index contributed by atoms with van der Waals surface area (Å²) in [6.07, 6.45) is 9.26. The van der Waals surface area contributed by atoms with Crippen molar-refractivity contribution in [2.24, 2.45) is 71.0 Å². The number of alkyl halides is 3. The molecule has 236 valence electrons. The van der Waals surface area contributed by atoms with E-state index in [9.17, 15) is 21.6 Å². The lowest BCUT2D eigenvalue weighted by atomic mass is 9.50. The van der Waals surface area contributed by atoms with Gasteiger partial charge in [0.05, 0.1) is 4.75 Å². The largest absolute Gasteiger partial charge is 0.524 e. The van der Waals surface area contributed by atoms with E-state index in [0.717, 1.165) is 69.8 Å². The highest BCUT2D eigenvalue weighted by atomic mass is 32.3. The molecular formula is C32H57F3O3S2. The minimum absolute atomic E-state index is 0.109. The zero-order chi connectivity index (χ0) is 30.2. The number of rotatable bonds is 9. The molecule has 0 aliphatic heterocycles. The fourth-order valence-corrected chi connectivity index (χ4v) is 11.6. The van der Waals surface area contributed by atoms with Crippen LogP contribution in [0.25, 0.3) is 0 Å². The lowest BCUT2D eigenvalue weighted by molar-refractivity contribution is -0.0515. The molecule has 3 aliphatic carbocycles. The molecule has 0 heterocycles. The first-order valence-corrected chi connectivity index (χ1v) is 18.3. The lowest BCUT2D eigenvalue weighted by Crippen LogP contribution is -2.60. The van der Waals surface area contributed by atoms with Crippen molar-refractivity contribution >= 4 is 22.2 Å². The number of halogens is 3. The Hall–Kier alpha value is 0.0500. The van der Waals surface area contributed by atoms with Crippen molar-refractivity contribution in [3.63, 3.8) is 0 Å². The zero-order valence-electron chi connectivity index (χ0n) is 26.5. The van der Waals surface area contributed by atoms with Crippen LogP contribution in [0.15, 0.2) is 0 Å². The highest BCUT2D eigenvalue weighted by Crippen LogP contribution is 2.65. The van der Waals surface area contributed by atoms with Crippen LogP contribution in [-0.4, -0.2) is 18.7 Å². The summed E-state index contributed by atoms with van der Waals surface area (Å²) in [5.74, 6) is 3.79. The van der Waals surface area contributed by atoms with Gasteiger partial charge in [-0.25, -0.2) is 0 Å². The van der Waals surface area contributed by atoms with Crippen LogP contribution in [0.2, 0.25) is 0 Å². The van der Waals surface area contributed by atoms with Crippen molar-refractivity contribution in [2.45, 2.75) is 130 Å². The molecule has 3 saturated carbocycles. The maximum atomic E-state index is 13.8. The van der Waals surface area contributed by atoms with Crippen molar-refractivity contribution in [3.8, 4) is 0 Å². The van der Waals surface area contributed by atoms with Gasteiger partial charge in [0, 0.05) is 12.0 Å². The summed E-state index contributed by atoms with van der Waals surface area (Å²) in [6, 6.07) is 0. The Labute approximate surface area is 248 Å². The second kappa shape index (κ2) is 13.4. The van der Waals surface area contributed by atoms with Gasteiger partial charge < -0.3 is 0 Å². The van der Waals surface area contributed by atoms with Crippen LogP contribution >= 0.6 is 12.0 Å². The number of hydrogen-bond acceptors (Lipinski definition) is 4. The average molecular weight is 611 g/mol. The Morgan fingerprint density at radius 3 is 1.18 bits per heavy atom. The van der Waals surface area contributed by atoms with Crippen molar-refractivity contribution in [3.05, 3.63) is 0 Å². The molecule has 0 N–H and O–H groups in total. The summed E-state index contributed by atoms with van der Waals surface area (Å²) in [5, 5.41) is 0. The summed E-state index contributed by atoms with van der Waals surface area (Å²) in [5.41, 5.74) is -5.43. The Morgan fingerprint density at radius 1 is 0.625 bits per heavy atom. The topological polar surface area (TPSA) is 43.4 Å². The molecule has 0 aromatic carbocycles. The molecule has 0 amide bonds. The van der Waals surface area contributed by atoms with Crippen LogP contribution < -0.4 is 0 Å². The van der Waals surface area contributed by atoms with E-state index >= 15 is 0 Å². The molecule has 0 radical (unpaired) electrons. The fraction of sp³-hybridized carbons (Fsp3) is 1.00. The van der Waals surface area contributed by atoms with Gasteiger partial charge in [0.1, 0.15) is 0 Å². The molecule has 8 heteroatoms. The third kappa shape index (κ3) is 7.22. The molecule has 9 unspecified atom stereocenters. The minimum Gasteiger partial charge on any atom is -0.190 e. The highest BCUT2D eigenvalue weighted by Gasteiger charge is 2.62. The van der Waals surface area contributed by atoms with Crippen LogP contribution in [0, 0.1) is 71.0 Å². The third-order valence-corrected chi connectivity index (χ3v) is 14.1. The molecule has 0 spiro atoms. The summed E-state index contributed by atoms with van der Waals surface area (Å²) in [4.78, 5) is 0. The maximum absolute atomic E-state index is 13.8. The van der Waals surface area contributed by atoms with E-state index < -0.39 is 20.4 Å².